The number of ether oxygens (including phenoxy) is 1. The zero-order valence-corrected chi connectivity index (χ0v) is 24.6. The Hall–Kier alpha value is -3.47. The van der Waals surface area contributed by atoms with Crippen molar-refractivity contribution in [2.75, 3.05) is 18.9 Å². The number of benzene rings is 2. The van der Waals surface area contributed by atoms with E-state index in [0.717, 1.165) is 16.5 Å². The molecule has 212 valence electrons. The van der Waals surface area contributed by atoms with Crippen LogP contribution in [-0.4, -0.2) is 48.7 Å². The maximum absolute atomic E-state index is 13.1. The van der Waals surface area contributed by atoms with E-state index in [0.29, 0.717) is 52.0 Å². The molecule has 2 heterocycles. The lowest BCUT2D eigenvalue weighted by atomic mass is 10.1. The van der Waals surface area contributed by atoms with Crippen LogP contribution in [0, 0.1) is 13.8 Å². The lowest BCUT2D eigenvalue weighted by Crippen LogP contribution is -2.38. The number of carbonyl (C=O) groups excluding carboxylic acids is 2. The van der Waals surface area contributed by atoms with Crippen molar-refractivity contribution >= 4 is 55.9 Å². The minimum absolute atomic E-state index is 0.131. The Balaban J connectivity index is 1.42. The van der Waals surface area contributed by atoms with E-state index in [1.165, 1.54) is 0 Å². The molecule has 0 atom stereocenters. The van der Waals surface area contributed by atoms with Crippen LogP contribution in [0.15, 0.2) is 48.7 Å². The van der Waals surface area contributed by atoms with Crippen LogP contribution in [0.25, 0.3) is 10.9 Å². The number of carbonyl (C=O) groups is 2. The third-order valence-corrected chi connectivity index (χ3v) is 8.50. The van der Waals surface area contributed by atoms with Gasteiger partial charge in [-0.1, -0.05) is 29.3 Å². The van der Waals surface area contributed by atoms with Crippen molar-refractivity contribution in [3.63, 3.8) is 0 Å². The predicted octanol–water partition coefficient (Wildman–Crippen LogP) is 4.93. The normalized spacial score (nSPS) is 11.5. The lowest BCUT2D eigenvalue weighted by molar-refractivity contribution is 0.0947. The minimum atomic E-state index is -4.04. The summed E-state index contributed by atoms with van der Waals surface area (Å²) in [6.45, 7) is 4.04. The summed E-state index contributed by atoms with van der Waals surface area (Å²) in [6, 6.07) is 12.3. The van der Waals surface area contributed by atoms with Crippen LogP contribution in [-0.2, 0) is 23.5 Å². The van der Waals surface area contributed by atoms with E-state index in [9.17, 15) is 18.0 Å². The standard InChI is InChI=1S/C28H30Cl2N4O5S/c1-17-14-20(15-18(2)25(17)30)39-12-5-6-22-21-9-8-19(29)16-23(21)32-26(22)28(36)33-40(37,38)13-10-31-27(35)24-7-4-11-34(24)3/h4,7-9,11,14-16,32H,5-6,10,12-13H2,1-3H3,(H,31,35)(H,33,36). The first-order valence-electron chi connectivity index (χ1n) is 12.6. The molecule has 0 saturated heterocycles. The van der Waals surface area contributed by atoms with Gasteiger partial charge in [0.2, 0.25) is 10.0 Å². The van der Waals surface area contributed by atoms with Gasteiger partial charge in [-0.05, 0) is 79.8 Å². The van der Waals surface area contributed by atoms with E-state index in [-0.39, 0.29) is 12.2 Å². The molecule has 9 nitrogen and oxygen atoms in total. The van der Waals surface area contributed by atoms with Crippen LogP contribution in [0.5, 0.6) is 5.75 Å². The third-order valence-electron chi connectivity index (χ3n) is 6.43. The first-order chi connectivity index (χ1) is 18.9. The highest BCUT2D eigenvalue weighted by atomic mass is 35.5. The van der Waals surface area contributed by atoms with E-state index in [1.807, 2.05) is 26.0 Å². The number of fused-ring (bicyclic) bond motifs is 1. The Morgan fingerprint density at radius 1 is 1.05 bits per heavy atom. The molecule has 3 N–H and O–H groups in total. The molecule has 40 heavy (non-hydrogen) atoms. The maximum Gasteiger partial charge on any atom is 0.281 e. The summed E-state index contributed by atoms with van der Waals surface area (Å²) in [4.78, 5) is 28.4. The van der Waals surface area contributed by atoms with Gasteiger partial charge in [0.25, 0.3) is 11.8 Å². The molecule has 0 radical (unpaired) electrons. The Kier molecular flexibility index (Phi) is 9.12. The number of H-pyrrole nitrogens is 1. The molecule has 12 heteroatoms. The number of sulfonamides is 1. The summed E-state index contributed by atoms with van der Waals surface area (Å²) < 4.78 is 35.0. The van der Waals surface area contributed by atoms with Crippen LogP contribution >= 0.6 is 23.2 Å². The van der Waals surface area contributed by atoms with Crippen molar-refractivity contribution in [1.82, 2.24) is 19.6 Å². The zero-order valence-electron chi connectivity index (χ0n) is 22.3. The predicted molar refractivity (Wildman–Crippen MR) is 157 cm³/mol. The number of hydrogen-bond donors (Lipinski definition) is 3. The van der Waals surface area contributed by atoms with Crippen LogP contribution < -0.4 is 14.8 Å². The molecule has 2 amide bonds. The number of nitrogens with zero attached hydrogens (tertiary/aromatic N) is 1. The molecule has 2 aromatic heterocycles. The molecule has 2 aromatic carbocycles. The topological polar surface area (TPSA) is 122 Å². The highest BCUT2D eigenvalue weighted by Crippen LogP contribution is 2.28. The first kappa shape index (κ1) is 29.5. The van der Waals surface area contributed by atoms with E-state index in [1.54, 1.807) is 48.1 Å². The number of aromatic nitrogens is 2. The SMILES string of the molecule is Cc1cc(OCCCc2c(C(=O)NS(=O)(=O)CCNC(=O)c3cccn3C)[nH]c3cc(Cl)ccc23)cc(C)c1Cl. The quantitative estimate of drug-likeness (QED) is 0.209. The summed E-state index contributed by atoms with van der Waals surface area (Å²) in [5, 5.41) is 4.50. The Labute approximate surface area is 242 Å². The van der Waals surface area contributed by atoms with Gasteiger partial charge in [-0.2, -0.15) is 0 Å². The largest absolute Gasteiger partial charge is 0.494 e. The van der Waals surface area contributed by atoms with Crippen molar-refractivity contribution in [2.45, 2.75) is 26.7 Å². The van der Waals surface area contributed by atoms with E-state index in [4.69, 9.17) is 27.9 Å². The Morgan fingerprint density at radius 3 is 2.45 bits per heavy atom. The van der Waals surface area contributed by atoms with Crippen molar-refractivity contribution in [3.05, 3.63) is 86.8 Å². The molecule has 0 spiro atoms. The van der Waals surface area contributed by atoms with Gasteiger partial charge in [-0.3, -0.25) is 9.59 Å². The van der Waals surface area contributed by atoms with Crippen molar-refractivity contribution in [3.8, 4) is 5.75 Å². The lowest BCUT2D eigenvalue weighted by Gasteiger charge is -2.11. The molecule has 0 bridgehead atoms. The highest BCUT2D eigenvalue weighted by molar-refractivity contribution is 7.90. The van der Waals surface area contributed by atoms with Crippen LogP contribution in [0.3, 0.4) is 0 Å². The number of aryl methyl sites for hydroxylation is 4. The number of amides is 2. The second-order valence-corrected chi connectivity index (χ2v) is 12.2. The molecule has 0 unspecified atom stereocenters. The number of aromatic amines is 1. The Bertz CT molecular complexity index is 1650. The number of rotatable bonds is 11. The molecular weight excluding hydrogens is 575 g/mol. The van der Waals surface area contributed by atoms with E-state index in [2.05, 4.69) is 15.0 Å². The fraction of sp³-hybridized carbons (Fsp3) is 0.286. The molecule has 0 aliphatic rings. The summed E-state index contributed by atoms with van der Waals surface area (Å²) in [7, 11) is -2.33. The van der Waals surface area contributed by atoms with Gasteiger partial charge >= 0.3 is 0 Å². The third kappa shape index (κ3) is 6.99. The number of hydrogen-bond acceptors (Lipinski definition) is 5. The summed E-state index contributed by atoms with van der Waals surface area (Å²) in [5.74, 6) is -0.964. The van der Waals surface area contributed by atoms with E-state index >= 15 is 0 Å². The van der Waals surface area contributed by atoms with Gasteiger partial charge in [0.15, 0.2) is 0 Å². The van der Waals surface area contributed by atoms with Crippen LogP contribution in [0.4, 0.5) is 0 Å². The molecule has 4 rings (SSSR count). The van der Waals surface area contributed by atoms with Crippen molar-refractivity contribution in [2.24, 2.45) is 7.05 Å². The molecule has 0 saturated carbocycles. The van der Waals surface area contributed by atoms with Crippen LogP contribution in [0.2, 0.25) is 10.0 Å². The van der Waals surface area contributed by atoms with Gasteiger partial charge < -0.3 is 19.6 Å². The second-order valence-electron chi connectivity index (χ2n) is 9.50. The first-order valence-corrected chi connectivity index (χ1v) is 15.0. The highest BCUT2D eigenvalue weighted by Gasteiger charge is 2.23. The van der Waals surface area contributed by atoms with Gasteiger partial charge in [-0.15, -0.1) is 0 Å². The average molecular weight is 606 g/mol. The maximum atomic E-state index is 13.1. The number of nitrogens with one attached hydrogen (secondary N) is 3. The van der Waals surface area contributed by atoms with Gasteiger partial charge in [0.1, 0.15) is 17.1 Å². The zero-order chi connectivity index (χ0) is 29.0. The second kappa shape index (κ2) is 12.4. The number of halogens is 2. The summed E-state index contributed by atoms with van der Waals surface area (Å²) in [5.41, 5.74) is 3.64. The molecular formula is C28H30Cl2N4O5S. The summed E-state index contributed by atoms with van der Waals surface area (Å²) in [6.07, 6.45) is 2.72. The Morgan fingerprint density at radius 2 is 1.77 bits per heavy atom. The molecule has 0 aliphatic heterocycles. The molecule has 4 aromatic rings. The monoisotopic (exact) mass is 604 g/mol. The van der Waals surface area contributed by atoms with Gasteiger partial charge in [0, 0.05) is 40.7 Å². The average Bonchev–Trinajstić information content (AvgIpc) is 3.47. The fourth-order valence-electron chi connectivity index (χ4n) is 4.44. The van der Waals surface area contributed by atoms with Crippen molar-refractivity contribution in [1.29, 1.82) is 0 Å². The smallest absolute Gasteiger partial charge is 0.281 e. The van der Waals surface area contributed by atoms with Crippen LogP contribution in [0.1, 0.15) is 44.1 Å². The summed E-state index contributed by atoms with van der Waals surface area (Å²) >= 11 is 12.4. The van der Waals surface area contributed by atoms with E-state index < -0.39 is 27.6 Å². The van der Waals surface area contributed by atoms with Gasteiger partial charge in [-0.25, -0.2) is 13.1 Å². The van der Waals surface area contributed by atoms with Gasteiger partial charge in [0.05, 0.1) is 12.4 Å². The fourth-order valence-corrected chi connectivity index (χ4v) is 5.58. The molecule has 0 fully saturated rings. The molecule has 0 aliphatic carbocycles. The van der Waals surface area contributed by atoms with Crippen molar-refractivity contribution < 1.29 is 22.7 Å². The minimum Gasteiger partial charge on any atom is -0.494 e.